The Hall–Kier alpha value is -0.970. The molecule has 2 unspecified atom stereocenters. The van der Waals surface area contributed by atoms with Crippen molar-refractivity contribution in [3.05, 3.63) is 29.8 Å². The van der Waals surface area contributed by atoms with E-state index in [9.17, 15) is 4.79 Å². The molecule has 18 heavy (non-hydrogen) atoms. The molecule has 0 amide bonds. The number of carbonyl (C=O) groups is 1. The summed E-state index contributed by atoms with van der Waals surface area (Å²) >= 11 is 0. The highest BCUT2D eigenvalue weighted by atomic mass is 35.5. The molecule has 102 valence electrons. The van der Waals surface area contributed by atoms with Crippen LogP contribution < -0.4 is 11.1 Å². The van der Waals surface area contributed by atoms with E-state index in [1.807, 2.05) is 24.3 Å². The Kier molecular flexibility index (Phi) is 7.06. The van der Waals surface area contributed by atoms with Crippen LogP contribution in [0.2, 0.25) is 0 Å². The second-order valence-corrected chi connectivity index (χ2v) is 4.21. The van der Waals surface area contributed by atoms with Gasteiger partial charge in [0.15, 0.2) is 0 Å². The molecular weight excluding hydrogens is 275 g/mol. The molecule has 6 heteroatoms. The van der Waals surface area contributed by atoms with Crippen LogP contribution in [0.15, 0.2) is 24.3 Å². The number of halogens is 2. The maximum atomic E-state index is 10.9. The lowest BCUT2D eigenvalue weighted by molar-refractivity contribution is -0.140. The van der Waals surface area contributed by atoms with E-state index in [0.29, 0.717) is 6.42 Å². The van der Waals surface area contributed by atoms with Gasteiger partial charge in [0.1, 0.15) is 6.04 Å². The average Bonchev–Trinajstić information content (AvgIpc) is 2.29. The summed E-state index contributed by atoms with van der Waals surface area (Å²) in [5, 5.41) is 12.1. The van der Waals surface area contributed by atoms with Gasteiger partial charge in [-0.15, -0.1) is 24.8 Å². The molecular formula is C12H18Cl2N2O2. The van der Waals surface area contributed by atoms with E-state index in [0.717, 1.165) is 24.1 Å². The first-order valence-electron chi connectivity index (χ1n) is 5.51. The van der Waals surface area contributed by atoms with Crippen molar-refractivity contribution in [2.75, 3.05) is 5.73 Å². The minimum Gasteiger partial charge on any atom is -0.480 e. The van der Waals surface area contributed by atoms with E-state index in [1.54, 1.807) is 0 Å². The molecule has 0 aromatic heterocycles. The zero-order chi connectivity index (χ0) is 11.5. The molecule has 1 fully saturated rings. The highest BCUT2D eigenvalue weighted by Gasteiger charge is 2.26. The van der Waals surface area contributed by atoms with Gasteiger partial charge < -0.3 is 10.8 Å². The van der Waals surface area contributed by atoms with E-state index in [4.69, 9.17) is 10.8 Å². The lowest BCUT2D eigenvalue weighted by atomic mass is 9.93. The zero-order valence-electron chi connectivity index (χ0n) is 9.83. The number of piperidine rings is 1. The van der Waals surface area contributed by atoms with Gasteiger partial charge in [-0.1, -0.05) is 12.1 Å². The van der Waals surface area contributed by atoms with E-state index >= 15 is 0 Å². The first kappa shape index (κ1) is 17.0. The van der Waals surface area contributed by atoms with Crippen molar-refractivity contribution in [1.29, 1.82) is 0 Å². The number of nitrogens with one attached hydrogen (secondary N) is 1. The molecule has 1 aliphatic heterocycles. The van der Waals surface area contributed by atoms with Gasteiger partial charge in [0.2, 0.25) is 0 Å². The van der Waals surface area contributed by atoms with Crippen molar-refractivity contribution in [3.63, 3.8) is 0 Å². The number of nitrogens with two attached hydrogens (primary N) is 1. The van der Waals surface area contributed by atoms with Crippen molar-refractivity contribution in [2.45, 2.75) is 31.3 Å². The molecule has 0 bridgehead atoms. The predicted octanol–water partition coefficient (Wildman–Crippen LogP) is 2.38. The van der Waals surface area contributed by atoms with Crippen LogP contribution in [0.25, 0.3) is 0 Å². The topological polar surface area (TPSA) is 75.4 Å². The number of hydrogen-bond acceptors (Lipinski definition) is 3. The van der Waals surface area contributed by atoms with Crippen LogP contribution in [0.4, 0.5) is 5.69 Å². The number of aliphatic carboxylic acids is 1. The minimum atomic E-state index is -0.770. The van der Waals surface area contributed by atoms with Crippen LogP contribution in [0.1, 0.15) is 30.9 Å². The molecule has 4 N–H and O–H groups in total. The maximum absolute atomic E-state index is 10.9. The highest BCUT2D eigenvalue weighted by molar-refractivity contribution is 5.85. The molecule has 1 aromatic rings. The molecule has 0 aliphatic carbocycles. The smallest absolute Gasteiger partial charge is 0.320 e. The number of benzene rings is 1. The molecule has 0 radical (unpaired) electrons. The van der Waals surface area contributed by atoms with Gasteiger partial charge in [0.25, 0.3) is 0 Å². The van der Waals surface area contributed by atoms with Crippen LogP contribution >= 0.6 is 24.8 Å². The van der Waals surface area contributed by atoms with E-state index in [-0.39, 0.29) is 30.9 Å². The fourth-order valence-corrected chi connectivity index (χ4v) is 2.17. The first-order valence-corrected chi connectivity index (χ1v) is 5.51. The summed E-state index contributed by atoms with van der Waals surface area (Å²) in [6, 6.07) is 7.30. The molecule has 1 heterocycles. The van der Waals surface area contributed by atoms with Crippen LogP contribution in [0.5, 0.6) is 0 Å². The van der Waals surface area contributed by atoms with Gasteiger partial charge in [0, 0.05) is 11.7 Å². The minimum absolute atomic E-state index is 0. The molecule has 1 saturated heterocycles. The molecule has 1 aliphatic rings. The highest BCUT2D eigenvalue weighted by Crippen LogP contribution is 2.26. The SMILES string of the molecule is Cl.Cl.Nc1cccc(C2CCCC(C(=O)O)N2)c1. The first-order chi connectivity index (χ1) is 7.66. The number of anilines is 1. The average molecular weight is 293 g/mol. The Balaban J connectivity index is 0.00000144. The van der Waals surface area contributed by atoms with Gasteiger partial charge in [-0.3, -0.25) is 10.1 Å². The van der Waals surface area contributed by atoms with Gasteiger partial charge in [-0.05, 0) is 37.0 Å². The van der Waals surface area contributed by atoms with Crippen molar-refractivity contribution in [2.24, 2.45) is 0 Å². The zero-order valence-corrected chi connectivity index (χ0v) is 11.5. The molecule has 2 atom stereocenters. The Morgan fingerprint density at radius 3 is 2.67 bits per heavy atom. The fourth-order valence-electron chi connectivity index (χ4n) is 2.17. The number of carboxylic acid groups (broad SMARTS) is 1. The summed E-state index contributed by atoms with van der Waals surface area (Å²) in [6.07, 6.45) is 2.60. The van der Waals surface area contributed by atoms with Gasteiger partial charge >= 0.3 is 5.97 Å². The Labute approximate surface area is 119 Å². The van der Waals surface area contributed by atoms with E-state index in [2.05, 4.69) is 5.32 Å². The lowest BCUT2D eigenvalue weighted by Crippen LogP contribution is -2.42. The van der Waals surface area contributed by atoms with Gasteiger partial charge in [-0.2, -0.15) is 0 Å². The quantitative estimate of drug-likeness (QED) is 0.732. The number of rotatable bonds is 2. The van der Waals surface area contributed by atoms with Crippen molar-refractivity contribution in [3.8, 4) is 0 Å². The lowest BCUT2D eigenvalue weighted by Gasteiger charge is -2.29. The van der Waals surface area contributed by atoms with Crippen LogP contribution in [-0.2, 0) is 4.79 Å². The summed E-state index contributed by atoms with van der Waals surface area (Å²) in [4.78, 5) is 10.9. The number of hydrogen-bond donors (Lipinski definition) is 3. The predicted molar refractivity (Wildman–Crippen MR) is 76.5 cm³/mol. The number of carboxylic acids is 1. The number of nitrogen functional groups attached to an aromatic ring is 1. The van der Waals surface area contributed by atoms with Crippen molar-refractivity contribution in [1.82, 2.24) is 5.32 Å². The summed E-state index contributed by atoms with van der Waals surface area (Å²) in [6.45, 7) is 0. The summed E-state index contributed by atoms with van der Waals surface area (Å²) in [7, 11) is 0. The van der Waals surface area contributed by atoms with Gasteiger partial charge in [-0.25, -0.2) is 0 Å². The molecule has 2 rings (SSSR count). The Bertz CT molecular complexity index is 401. The third-order valence-corrected chi connectivity index (χ3v) is 3.00. The third kappa shape index (κ3) is 4.05. The second-order valence-electron chi connectivity index (χ2n) is 4.21. The summed E-state index contributed by atoms with van der Waals surface area (Å²) in [5.74, 6) is -0.770. The Morgan fingerprint density at radius 1 is 1.33 bits per heavy atom. The third-order valence-electron chi connectivity index (χ3n) is 3.00. The van der Waals surface area contributed by atoms with Crippen LogP contribution in [0, 0.1) is 0 Å². The van der Waals surface area contributed by atoms with Crippen LogP contribution in [-0.4, -0.2) is 17.1 Å². The monoisotopic (exact) mass is 292 g/mol. The molecule has 1 aromatic carbocycles. The Morgan fingerprint density at radius 2 is 2.06 bits per heavy atom. The maximum Gasteiger partial charge on any atom is 0.320 e. The van der Waals surface area contributed by atoms with E-state index < -0.39 is 12.0 Å². The van der Waals surface area contributed by atoms with E-state index in [1.165, 1.54) is 0 Å². The van der Waals surface area contributed by atoms with Crippen molar-refractivity contribution < 1.29 is 9.90 Å². The van der Waals surface area contributed by atoms with Crippen molar-refractivity contribution >= 4 is 36.5 Å². The standard InChI is InChI=1S/C12H16N2O2.2ClH/c13-9-4-1-3-8(7-9)10-5-2-6-11(14-10)12(15)16;;/h1,3-4,7,10-11,14H,2,5-6,13H2,(H,15,16);2*1H. The molecule has 0 spiro atoms. The second kappa shape index (κ2) is 7.46. The fraction of sp³-hybridized carbons (Fsp3) is 0.417. The summed E-state index contributed by atoms with van der Waals surface area (Å²) in [5.41, 5.74) is 7.51. The molecule has 4 nitrogen and oxygen atoms in total. The largest absolute Gasteiger partial charge is 0.480 e. The normalized spacial score (nSPS) is 22.4. The van der Waals surface area contributed by atoms with Gasteiger partial charge in [0.05, 0.1) is 0 Å². The van der Waals surface area contributed by atoms with Crippen LogP contribution in [0.3, 0.4) is 0 Å². The molecule has 0 saturated carbocycles. The summed E-state index contributed by atoms with van der Waals surface area (Å²) < 4.78 is 0.